The minimum absolute atomic E-state index is 0.0311. The molecule has 0 saturated carbocycles. The standard InChI is InChI=1S/C14H17NO2/c1-2-7-16-13-5-3-4-11(9-13)14-12(10-15)6-8-17-14/h3-5,9,12,14H,2,6-8H2,1H3. The molecule has 0 radical (unpaired) electrons. The Bertz CT molecular complexity index is 411. The minimum Gasteiger partial charge on any atom is -0.494 e. The highest BCUT2D eigenvalue weighted by Crippen LogP contribution is 2.35. The summed E-state index contributed by atoms with van der Waals surface area (Å²) in [7, 11) is 0. The second-order valence-electron chi connectivity index (χ2n) is 4.24. The molecule has 0 aliphatic carbocycles. The molecule has 1 aromatic carbocycles. The maximum absolute atomic E-state index is 9.05. The highest BCUT2D eigenvalue weighted by atomic mass is 16.5. The molecule has 0 N–H and O–H groups in total. The molecule has 1 aliphatic heterocycles. The first-order valence-electron chi connectivity index (χ1n) is 6.09. The fourth-order valence-corrected chi connectivity index (χ4v) is 2.05. The van der Waals surface area contributed by atoms with Gasteiger partial charge in [0.15, 0.2) is 0 Å². The molecule has 1 aromatic rings. The summed E-state index contributed by atoms with van der Waals surface area (Å²) in [5.41, 5.74) is 1.04. The predicted molar refractivity (Wildman–Crippen MR) is 64.6 cm³/mol. The molecular weight excluding hydrogens is 214 g/mol. The Hall–Kier alpha value is -1.53. The van der Waals surface area contributed by atoms with E-state index in [0.717, 1.165) is 30.8 Å². The molecule has 2 atom stereocenters. The van der Waals surface area contributed by atoms with Crippen molar-refractivity contribution in [3.63, 3.8) is 0 Å². The van der Waals surface area contributed by atoms with Gasteiger partial charge < -0.3 is 9.47 Å². The third-order valence-electron chi connectivity index (χ3n) is 2.92. The van der Waals surface area contributed by atoms with Gasteiger partial charge in [0.05, 0.1) is 24.7 Å². The zero-order valence-corrected chi connectivity index (χ0v) is 10.1. The van der Waals surface area contributed by atoms with Crippen LogP contribution in [-0.2, 0) is 4.74 Å². The van der Waals surface area contributed by atoms with Gasteiger partial charge >= 0.3 is 0 Å². The van der Waals surface area contributed by atoms with Crippen LogP contribution in [0.25, 0.3) is 0 Å². The van der Waals surface area contributed by atoms with Crippen molar-refractivity contribution in [3.8, 4) is 11.8 Å². The second kappa shape index (κ2) is 5.70. The summed E-state index contributed by atoms with van der Waals surface area (Å²) in [5.74, 6) is 0.827. The lowest BCUT2D eigenvalue weighted by Crippen LogP contribution is -2.05. The molecule has 2 unspecified atom stereocenters. The predicted octanol–water partition coefficient (Wildman–Crippen LogP) is 3.08. The number of rotatable bonds is 4. The lowest BCUT2D eigenvalue weighted by Gasteiger charge is -2.14. The first-order valence-corrected chi connectivity index (χ1v) is 6.09. The van der Waals surface area contributed by atoms with E-state index >= 15 is 0 Å². The van der Waals surface area contributed by atoms with Gasteiger partial charge in [0, 0.05) is 6.61 Å². The average Bonchev–Trinajstić information content (AvgIpc) is 2.85. The molecule has 0 amide bonds. The first kappa shape index (κ1) is 11.9. The minimum atomic E-state index is -0.0924. The third-order valence-corrected chi connectivity index (χ3v) is 2.92. The van der Waals surface area contributed by atoms with Crippen molar-refractivity contribution in [1.82, 2.24) is 0 Å². The summed E-state index contributed by atoms with van der Waals surface area (Å²) in [5, 5.41) is 9.05. The van der Waals surface area contributed by atoms with E-state index in [-0.39, 0.29) is 12.0 Å². The largest absolute Gasteiger partial charge is 0.494 e. The molecule has 90 valence electrons. The van der Waals surface area contributed by atoms with Gasteiger partial charge in [0.2, 0.25) is 0 Å². The number of benzene rings is 1. The zero-order valence-electron chi connectivity index (χ0n) is 10.1. The molecule has 0 spiro atoms. The summed E-state index contributed by atoms with van der Waals surface area (Å²) < 4.78 is 11.2. The number of hydrogen-bond acceptors (Lipinski definition) is 3. The van der Waals surface area contributed by atoms with Crippen molar-refractivity contribution < 1.29 is 9.47 Å². The quantitative estimate of drug-likeness (QED) is 0.799. The van der Waals surface area contributed by atoms with Crippen LogP contribution in [0.3, 0.4) is 0 Å². The summed E-state index contributed by atoms with van der Waals surface area (Å²) in [4.78, 5) is 0. The summed E-state index contributed by atoms with van der Waals surface area (Å²) >= 11 is 0. The van der Waals surface area contributed by atoms with Crippen LogP contribution in [0, 0.1) is 17.2 Å². The van der Waals surface area contributed by atoms with Crippen LogP contribution in [0.1, 0.15) is 31.4 Å². The van der Waals surface area contributed by atoms with Crippen molar-refractivity contribution in [2.45, 2.75) is 25.9 Å². The maximum Gasteiger partial charge on any atom is 0.119 e. The smallest absolute Gasteiger partial charge is 0.119 e. The van der Waals surface area contributed by atoms with Gasteiger partial charge in [0.25, 0.3) is 0 Å². The first-order chi connectivity index (χ1) is 8.35. The van der Waals surface area contributed by atoms with Gasteiger partial charge in [-0.1, -0.05) is 19.1 Å². The normalized spacial score (nSPS) is 23.3. The third kappa shape index (κ3) is 2.78. The van der Waals surface area contributed by atoms with E-state index in [4.69, 9.17) is 14.7 Å². The van der Waals surface area contributed by atoms with E-state index in [1.165, 1.54) is 0 Å². The molecule has 1 saturated heterocycles. The Kier molecular flexibility index (Phi) is 4.00. The molecule has 2 rings (SSSR count). The Labute approximate surface area is 102 Å². The van der Waals surface area contributed by atoms with Crippen LogP contribution < -0.4 is 4.74 Å². The molecule has 1 fully saturated rings. The molecule has 17 heavy (non-hydrogen) atoms. The Balaban J connectivity index is 2.13. The van der Waals surface area contributed by atoms with Gasteiger partial charge in [-0.15, -0.1) is 0 Å². The van der Waals surface area contributed by atoms with E-state index < -0.39 is 0 Å². The van der Waals surface area contributed by atoms with Gasteiger partial charge in [-0.3, -0.25) is 0 Å². The van der Waals surface area contributed by atoms with Crippen LogP contribution in [0.5, 0.6) is 5.75 Å². The molecule has 1 heterocycles. The summed E-state index contributed by atoms with van der Waals surface area (Å²) in [6, 6.07) is 10.2. The molecule has 1 aliphatic rings. The van der Waals surface area contributed by atoms with Crippen LogP contribution in [0.15, 0.2) is 24.3 Å². The van der Waals surface area contributed by atoms with Gasteiger partial charge in [-0.25, -0.2) is 0 Å². The van der Waals surface area contributed by atoms with Crippen molar-refractivity contribution in [1.29, 1.82) is 5.26 Å². The SMILES string of the molecule is CCCOc1cccc(C2OCCC2C#N)c1. The molecular formula is C14H17NO2. The average molecular weight is 231 g/mol. The van der Waals surface area contributed by atoms with Crippen molar-refractivity contribution in [3.05, 3.63) is 29.8 Å². The zero-order chi connectivity index (χ0) is 12.1. The molecule has 0 bridgehead atoms. The van der Waals surface area contributed by atoms with E-state index in [1.54, 1.807) is 0 Å². The Morgan fingerprint density at radius 2 is 2.41 bits per heavy atom. The highest BCUT2D eigenvalue weighted by Gasteiger charge is 2.29. The molecule has 0 aromatic heterocycles. The van der Waals surface area contributed by atoms with E-state index in [2.05, 4.69) is 13.0 Å². The summed E-state index contributed by atoms with van der Waals surface area (Å²) in [6.45, 7) is 3.47. The second-order valence-corrected chi connectivity index (χ2v) is 4.24. The van der Waals surface area contributed by atoms with Crippen molar-refractivity contribution in [2.75, 3.05) is 13.2 Å². The highest BCUT2D eigenvalue weighted by molar-refractivity contribution is 5.31. The maximum atomic E-state index is 9.05. The van der Waals surface area contributed by atoms with E-state index in [9.17, 15) is 0 Å². The van der Waals surface area contributed by atoms with E-state index in [1.807, 2.05) is 24.3 Å². The summed E-state index contributed by atoms with van der Waals surface area (Å²) in [6.07, 6.45) is 1.72. The van der Waals surface area contributed by atoms with Crippen LogP contribution in [0.2, 0.25) is 0 Å². The van der Waals surface area contributed by atoms with Gasteiger partial charge in [-0.2, -0.15) is 5.26 Å². The van der Waals surface area contributed by atoms with Gasteiger partial charge in [0.1, 0.15) is 5.75 Å². The lowest BCUT2D eigenvalue weighted by atomic mass is 9.97. The lowest BCUT2D eigenvalue weighted by molar-refractivity contribution is 0.100. The number of nitriles is 1. The molecule has 3 heteroatoms. The topological polar surface area (TPSA) is 42.2 Å². The van der Waals surface area contributed by atoms with Crippen molar-refractivity contribution in [2.24, 2.45) is 5.92 Å². The number of nitrogens with zero attached hydrogens (tertiary/aromatic N) is 1. The van der Waals surface area contributed by atoms with E-state index in [0.29, 0.717) is 6.61 Å². The monoisotopic (exact) mass is 231 g/mol. The van der Waals surface area contributed by atoms with Crippen molar-refractivity contribution >= 4 is 0 Å². The van der Waals surface area contributed by atoms with Crippen LogP contribution in [0.4, 0.5) is 0 Å². The van der Waals surface area contributed by atoms with Gasteiger partial charge in [-0.05, 0) is 30.5 Å². The fourth-order valence-electron chi connectivity index (χ4n) is 2.05. The fraction of sp³-hybridized carbons (Fsp3) is 0.500. The number of hydrogen-bond donors (Lipinski definition) is 0. The number of ether oxygens (including phenoxy) is 2. The molecule has 3 nitrogen and oxygen atoms in total. The van der Waals surface area contributed by atoms with Crippen LogP contribution >= 0.6 is 0 Å². The van der Waals surface area contributed by atoms with Crippen LogP contribution in [-0.4, -0.2) is 13.2 Å². The Morgan fingerprint density at radius 1 is 1.53 bits per heavy atom. The Morgan fingerprint density at radius 3 is 3.18 bits per heavy atom.